The van der Waals surface area contributed by atoms with Crippen LogP contribution in [0.15, 0.2) is 67.0 Å². The van der Waals surface area contributed by atoms with E-state index in [1.165, 1.54) is 11.1 Å². The molecule has 0 unspecified atom stereocenters. The summed E-state index contributed by atoms with van der Waals surface area (Å²) in [6.07, 6.45) is 1.64. The van der Waals surface area contributed by atoms with Gasteiger partial charge in [-0.15, -0.1) is 0 Å². The van der Waals surface area contributed by atoms with Crippen LogP contribution in [0.4, 0.5) is 17.3 Å². The minimum atomic E-state index is 0.831. The topological polar surface area (TPSA) is 44.3 Å². The molecule has 1 saturated heterocycles. The van der Waals surface area contributed by atoms with Crippen molar-refractivity contribution >= 4 is 17.3 Å². The summed E-state index contributed by atoms with van der Waals surface area (Å²) in [5.74, 6) is 1.82. The molecular formula is C22H25N5. The first-order valence-corrected chi connectivity index (χ1v) is 9.43. The maximum atomic E-state index is 4.49. The molecule has 0 aliphatic carbocycles. The zero-order chi connectivity index (χ0) is 18.5. The molecule has 5 heteroatoms. The highest BCUT2D eigenvalue weighted by molar-refractivity contribution is 5.60. The van der Waals surface area contributed by atoms with Gasteiger partial charge in [0.2, 0.25) is 0 Å². The van der Waals surface area contributed by atoms with E-state index < -0.39 is 0 Å². The van der Waals surface area contributed by atoms with Crippen molar-refractivity contribution in [3.8, 4) is 0 Å². The van der Waals surface area contributed by atoms with E-state index >= 15 is 0 Å². The number of piperazine rings is 1. The lowest BCUT2D eigenvalue weighted by molar-refractivity contribution is 0.249. The van der Waals surface area contributed by atoms with Gasteiger partial charge in [0.15, 0.2) is 0 Å². The Labute approximate surface area is 160 Å². The van der Waals surface area contributed by atoms with Gasteiger partial charge in [-0.25, -0.2) is 9.97 Å². The number of benzene rings is 2. The number of rotatable bonds is 5. The number of anilines is 3. The third-order valence-electron chi connectivity index (χ3n) is 4.89. The molecule has 2 aromatic carbocycles. The molecule has 0 radical (unpaired) electrons. The van der Waals surface area contributed by atoms with Crippen LogP contribution < -0.4 is 10.2 Å². The minimum Gasteiger partial charge on any atom is -0.354 e. The van der Waals surface area contributed by atoms with E-state index in [2.05, 4.69) is 80.5 Å². The van der Waals surface area contributed by atoms with E-state index in [0.717, 1.165) is 50.0 Å². The standard InChI is InChI=1S/C22H25N5/c1-18-6-5-9-20(14-18)25-21-15-22(24-17-23-21)27-12-10-26(11-13-27)16-19-7-3-2-4-8-19/h2-9,14-15,17H,10-13,16H2,1H3,(H,23,24,25). The second-order valence-electron chi connectivity index (χ2n) is 7.00. The van der Waals surface area contributed by atoms with E-state index in [-0.39, 0.29) is 0 Å². The van der Waals surface area contributed by atoms with Crippen LogP contribution in [0.1, 0.15) is 11.1 Å². The molecule has 1 N–H and O–H groups in total. The summed E-state index contributed by atoms with van der Waals surface area (Å²) in [7, 11) is 0. The fourth-order valence-corrected chi connectivity index (χ4v) is 3.44. The van der Waals surface area contributed by atoms with Crippen LogP contribution in [0.2, 0.25) is 0 Å². The third-order valence-corrected chi connectivity index (χ3v) is 4.89. The second-order valence-corrected chi connectivity index (χ2v) is 7.00. The molecule has 0 saturated carbocycles. The lowest BCUT2D eigenvalue weighted by Gasteiger charge is -2.35. The first-order valence-electron chi connectivity index (χ1n) is 9.43. The van der Waals surface area contributed by atoms with Gasteiger partial charge in [0.25, 0.3) is 0 Å². The van der Waals surface area contributed by atoms with Gasteiger partial charge in [-0.1, -0.05) is 42.5 Å². The molecule has 0 amide bonds. The van der Waals surface area contributed by atoms with Gasteiger partial charge in [0, 0.05) is 44.5 Å². The molecule has 5 nitrogen and oxygen atoms in total. The molecule has 1 aromatic heterocycles. The molecule has 1 fully saturated rings. The van der Waals surface area contributed by atoms with Crippen LogP contribution in [0.5, 0.6) is 0 Å². The Morgan fingerprint density at radius 2 is 1.70 bits per heavy atom. The Morgan fingerprint density at radius 3 is 2.48 bits per heavy atom. The van der Waals surface area contributed by atoms with Gasteiger partial charge in [0.05, 0.1) is 0 Å². The highest BCUT2D eigenvalue weighted by Crippen LogP contribution is 2.20. The van der Waals surface area contributed by atoms with Crippen LogP contribution in [0.3, 0.4) is 0 Å². The normalized spacial score (nSPS) is 14.9. The van der Waals surface area contributed by atoms with Gasteiger partial charge in [-0.2, -0.15) is 0 Å². The average Bonchev–Trinajstić information content (AvgIpc) is 2.70. The Morgan fingerprint density at radius 1 is 0.889 bits per heavy atom. The zero-order valence-corrected chi connectivity index (χ0v) is 15.7. The summed E-state index contributed by atoms with van der Waals surface area (Å²) < 4.78 is 0. The molecule has 27 heavy (non-hydrogen) atoms. The van der Waals surface area contributed by atoms with Crippen molar-refractivity contribution in [3.63, 3.8) is 0 Å². The Hall–Kier alpha value is -2.92. The van der Waals surface area contributed by atoms with Gasteiger partial charge in [0.1, 0.15) is 18.0 Å². The van der Waals surface area contributed by atoms with Crippen molar-refractivity contribution in [3.05, 3.63) is 78.1 Å². The molecular weight excluding hydrogens is 334 g/mol. The molecule has 1 aliphatic rings. The first-order chi connectivity index (χ1) is 13.3. The maximum Gasteiger partial charge on any atom is 0.135 e. The van der Waals surface area contributed by atoms with E-state index in [1.54, 1.807) is 6.33 Å². The summed E-state index contributed by atoms with van der Waals surface area (Å²) in [6.45, 7) is 7.14. The van der Waals surface area contributed by atoms with Crippen molar-refractivity contribution in [2.75, 3.05) is 36.4 Å². The van der Waals surface area contributed by atoms with Crippen LogP contribution in [-0.2, 0) is 6.54 Å². The second kappa shape index (κ2) is 8.18. The van der Waals surface area contributed by atoms with Crippen molar-refractivity contribution < 1.29 is 0 Å². The van der Waals surface area contributed by atoms with Gasteiger partial charge in [-0.05, 0) is 30.2 Å². The SMILES string of the molecule is Cc1cccc(Nc2cc(N3CCN(Cc4ccccc4)CC3)ncn2)c1. The van der Waals surface area contributed by atoms with Crippen LogP contribution >= 0.6 is 0 Å². The predicted molar refractivity (Wildman–Crippen MR) is 110 cm³/mol. The maximum absolute atomic E-state index is 4.49. The molecule has 0 spiro atoms. The fraction of sp³-hybridized carbons (Fsp3) is 0.273. The molecule has 1 aliphatic heterocycles. The van der Waals surface area contributed by atoms with Crippen molar-refractivity contribution in [1.82, 2.24) is 14.9 Å². The largest absolute Gasteiger partial charge is 0.354 e. The first kappa shape index (κ1) is 17.5. The van der Waals surface area contributed by atoms with E-state index in [9.17, 15) is 0 Å². The lowest BCUT2D eigenvalue weighted by Crippen LogP contribution is -2.46. The molecule has 0 atom stereocenters. The Balaban J connectivity index is 1.37. The highest BCUT2D eigenvalue weighted by Gasteiger charge is 2.18. The number of aryl methyl sites for hydroxylation is 1. The molecule has 0 bridgehead atoms. The monoisotopic (exact) mass is 359 g/mol. The van der Waals surface area contributed by atoms with E-state index in [1.807, 2.05) is 12.1 Å². The van der Waals surface area contributed by atoms with Crippen LogP contribution in [-0.4, -0.2) is 41.0 Å². The predicted octanol–water partition coefficient (Wildman–Crippen LogP) is 3.85. The third kappa shape index (κ3) is 4.63. The van der Waals surface area contributed by atoms with E-state index in [0.29, 0.717) is 0 Å². The lowest BCUT2D eigenvalue weighted by atomic mass is 10.2. The number of hydrogen-bond acceptors (Lipinski definition) is 5. The van der Waals surface area contributed by atoms with Gasteiger partial charge >= 0.3 is 0 Å². The zero-order valence-electron chi connectivity index (χ0n) is 15.7. The minimum absolute atomic E-state index is 0.831. The van der Waals surface area contributed by atoms with Crippen LogP contribution in [0.25, 0.3) is 0 Å². The summed E-state index contributed by atoms with van der Waals surface area (Å²) in [5, 5.41) is 3.38. The van der Waals surface area contributed by atoms with Crippen molar-refractivity contribution in [2.24, 2.45) is 0 Å². The molecule has 2 heterocycles. The fourth-order valence-electron chi connectivity index (χ4n) is 3.44. The number of nitrogens with zero attached hydrogens (tertiary/aromatic N) is 4. The van der Waals surface area contributed by atoms with Crippen molar-refractivity contribution in [1.29, 1.82) is 0 Å². The molecule has 138 valence electrons. The smallest absolute Gasteiger partial charge is 0.135 e. The summed E-state index contributed by atoms with van der Waals surface area (Å²) in [6, 6.07) is 21.0. The summed E-state index contributed by atoms with van der Waals surface area (Å²) in [4.78, 5) is 13.7. The Kier molecular flexibility index (Phi) is 5.30. The number of hydrogen-bond donors (Lipinski definition) is 1. The summed E-state index contributed by atoms with van der Waals surface area (Å²) in [5.41, 5.74) is 3.65. The van der Waals surface area contributed by atoms with Crippen molar-refractivity contribution in [2.45, 2.75) is 13.5 Å². The van der Waals surface area contributed by atoms with E-state index in [4.69, 9.17) is 0 Å². The van der Waals surface area contributed by atoms with Gasteiger partial charge in [-0.3, -0.25) is 4.90 Å². The molecule has 4 rings (SSSR count). The van der Waals surface area contributed by atoms with Crippen LogP contribution in [0, 0.1) is 6.92 Å². The quantitative estimate of drug-likeness (QED) is 0.750. The number of aromatic nitrogens is 2. The summed E-state index contributed by atoms with van der Waals surface area (Å²) >= 11 is 0. The van der Waals surface area contributed by atoms with Gasteiger partial charge < -0.3 is 10.2 Å². The average molecular weight is 359 g/mol. The highest BCUT2D eigenvalue weighted by atomic mass is 15.3. The molecule has 3 aromatic rings. The number of nitrogens with one attached hydrogen (secondary N) is 1. The Bertz CT molecular complexity index is 873.